The number of nitrogens with one attached hydrogen (secondary N) is 1. The Morgan fingerprint density at radius 2 is 1.70 bits per heavy atom. The number of hydrogen-bond acceptors (Lipinski definition) is 7. The fourth-order valence-corrected chi connectivity index (χ4v) is 2.36. The predicted octanol–water partition coefficient (Wildman–Crippen LogP) is 1.89. The topological polar surface area (TPSA) is 100 Å². The van der Waals surface area contributed by atoms with E-state index in [0.29, 0.717) is 0 Å². The molecule has 1 atom stereocenters. The Hall–Kier alpha value is -1.11. The van der Waals surface area contributed by atoms with E-state index in [1.165, 1.54) is 0 Å². The molecule has 0 aliphatic heterocycles. The maximum Gasteiger partial charge on any atom is 0.408 e. The zero-order valence-corrected chi connectivity index (χ0v) is 13.5. The fraction of sp³-hybridized carbons (Fsp3) is 0.818. The van der Waals surface area contributed by atoms with Gasteiger partial charge < -0.3 is 18.5 Å². The van der Waals surface area contributed by atoms with Gasteiger partial charge in [0.15, 0.2) is 0 Å². The first-order valence-corrected chi connectivity index (χ1v) is 7.58. The highest BCUT2D eigenvalue weighted by molar-refractivity contribution is 7.55. The van der Waals surface area contributed by atoms with E-state index in [2.05, 4.69) is 5.32 Å². The Morgan fingerprint density at radius 1 is 1.20 bits per heavy atom. The lowest BCUT2D eigenvalue weighted by molar-refractivity contribution is -0.143. The highest BCUT2D eigenvalue weighted by Gasteiger charge is 2.43. The quantitative estimate of drug-likeness (QED) is 0.590. The predicted molar refractivity (Wildman–Crippen MR) is 71.4 cm³/mol. The molecule has 1 unspecified atom stereocenters. The van der Waals surface area contributed by atoms with Gasteiger partial charge in [0.25, 0.3) is 0 Å². The summed E-state index contributed by atoms with van der Waals surface area (Å²) in [6, 6.07) is 0. The Bertz CT molecular complexity index is 383. The summed E-state index contributed by atoms with van der Waals surface area (Å²) in [4.78, 5) is 23.5. The van der Waals surface area contributed by atoms with Crippen molar-refractivity contribution < 1.29 is 32.7 Å². The van der Waals surface area contributed by atoms with E-state index in [0.717, 1.165) is 14.2 Å². The SMILES string of the molecule is CCOC(=O)C(NC(=O)OC(C)(C)C)P(=O)(OC)OC. The zero-order valence-electron chi connectivity index (χ0n) is 12.6. The van der Waals surface area contributed by atoms with Crippen LogP contribution in [0.15, 0.2) is 0 Å². The Balaban J connectivity index is 5.10. The van der Waals surface area contributed by atoms with Gasteiger partial charge in [0.2, 0.25) is 5.78 Å². The lowest BCUT2D eigenvalue weighted by Gasteiger charge is -2.25. The molecule has 0 aromatic rings. The zero-order chi connectivity index (χ0) is 16.0. The number of rotatable bonds is 6. The first-order chi connectivity index (χ1) is 9.09. The molecule has 8 nitrogen and oxygen atoms in total. The van der Waals surface area contributed by atoms with Crippen LogP contribution >= 0.6 is 7.60 Å². The normalized spacial score (nSPS) is 13.5. The molecule has 0 saturated carbocycles. The van der Waals surface area contributed by atoms with Crippen molar-refractivity contribution in [2.75, 3.05) is 20.8 Å². The maximum atomic E-state index is 12.3. The molecule has 0 heterocycles. The number of carbonyl (C=O) groups excluding carboxylic acids is 2. The second kappa shape index (κ2) is 7.61. The van der Waals surface area contributed by atoms with Crippen LogP contribution < -0.4 is 5.32 Å². The number of ether oxygens (including phenoxy) is 2. The Kier molecular flexibility index (Phi) is 7.19. The van der Waals surface area contributed by atoms with Crippen molar-refractivity contribution in [3.8, 4) is 0 Å². The molecule has 9 heteroatoms. The molecule has 0 spiro atoms. The summed E-state index contributed by atoms with van der Waals surface area (Å²) in [6.07, 6.45) is -0.926. The van der Waals surface area contributed by atoms with E-state index >= 15 is 0 Å². The number of amides is 1. The minimum Gasteiger partial charge on any atom is -0.464 e. The van der Waals surface area contributed by atoms with E-state index in [1.54, 1.807) is 27.7 Å². The molecule has 118 valence electrons. The van der Waals surface area contributed by atoms with Gasteiger partial charge in [0.1, 0.15) is 5.60 Å². The van der Waals surface area contributed by atoms with Gasteiger partial charge in [-0.15, -0.1) is 0 Å². The second-order valence-electron chi connectivity index (χ2n) is 4.71. The maximum absolute atomic E-state index is 12.3. The summed E-state index contributed by atoms with van der Waals surface area (Å²) in [6.45, 7) is 6.58. The van der Waals surface area contributed by atoms with Gasteiger partial charge in [-0.25, -0.2) is 9.59 Å². The molecule has 0 bridgehead atoms. The van der Waals surface area contributed by atoms with Crippen LogP contribution in [0.25, 0.3) is 0 Å². The molecule has 1 N–H and O–H groups in total. The monoisotopic (exact) mass is 311 g/mol. The molecule has 0 radical (unpaired) electrons. The van der Waals surface area contributed by atoms with Crippen LogP contribution in [-0.2, 0) is 27.9 Å². The second-order valence-corrected chi connectivity index (χ2v) is 7.03. The summed E-state index contributed by atoms with van der Waals surface area (Å²) in [7, 11) is -1.67. The number of hydrogen-bond donors (Lipinski definition) is 1. The molecule has 20 heavy (non-hydrogen) atoms. The highest BCUT2D eigenvalue weighted by atomic mass is 31.2. The lowest BCUT2D eigenvalue weighted by Crippen LogP contribution is -2.44. The van der Waals surface area contributed by atoms with Crippen LogP contribution in [0.3, 0.4) is 0 Å². The largest absolute Gasteiger partial charge is 0.464 e. The molecule has 0 aromatic heterocycles. The van der Waals surface area contributed by atoms with Gasteiger partial charge in [-0.2, -0.15) is 0 Å². The van der Waals surface area contributed by atoms with Crippen molar-refractivity contribution in [1.82, 2.24) is 5.32 Å². The van der Waals surface area contributed by atoms with Crippen LogP contribution in [0.1, 0.15) is 27.7 Å². The first-order valence-electron chi connectivity index (χ1n) is 5.97. The highest BCUT2D eigenvalue weighted by Crippen LogP contribution is 2.50. The summed E-state index contributed by atoms with van der Waals surface area (Å²) in [5.41, 5.74) is -0.770. The summed E-state index contributed by atoms with van der Waals surface area (Å²) in [5, 5.41) is 2.15. The Labute approximate surface area is 118 Å². The lowest BCUT2D eigenvalue weighted by atomic mass is 10.2. The van der Waals surface area contributed by atoms with E-state index in [4.69, 9.17) is 18.5 Å². The third-order valence-corrected chi connectivity index (χ3v) is 3.98. The molecule has 1 amide bonds. The molecule has 0 aromatic carbocycles. The fourth-order valence-electron chi connectivity index (χ4n) is 1.19. The molecular weight excluding hydrogens is 289 g/mol. The molecule has 0 saturated heterocycles. The average Bonchev–Trinajstić information content (AvgIpc) is 2.33. The molecule has 0 fully saturated rings. The molecule has 0 aliphatic carbocycles. The molecule has 0 aliphatic rings. The van der Waals surface area contributed by atoms with Gasteiger partial charge in [0, 0.05) is 14.2 Å². The van der Waals surface area contributed by atoms with Gasteiger partial charge in [0.05, 0.1) is 6.61 Å². The van der Waals surface area contributed by atoms with E-state index < -0.39 is 31.0 Å². The summed E-state index contributed by atoms with van der Waals surface area (Å²) < 4.78 is 31.4. The van der Waals surface area contributed by atoms with E-state index in [-0.39, 0.29) is 6.61 Å². The number of carbonyl (C=O) groups is 2. The van der Waals surface area contributed by atoms with Crippen LogP contribution in [0, 0.1) is 0 Å². The third-order valence-electron chi connectivity index (χ3n) is 1.99. The summed E-state index contributed by atoms with van der Waals surface area (Å²) in [5.74, 6) is -2.52. The van der Waals surface area contributed by atoms with Crippen molar-refractivity contribution in [2.24, 2.45) is 0 Å². The first kappa shape index (κ1) is 18.9. The van der Waals surface area contributed by atoms with Crippen molar-refractivity contribution in [3.63, 3.8) is 0 Å². The van der Waals surface area contributed by atoms with Crippen molar-refractivity contribution in [1.29, 1.82) is 0 Å². The van der Waals surface area contributed by atoms with Crippen molar-refractivity contribution in [2.45, 2.75) is 39.1 Å². The van der Waals surface area contributed by atoms with Crippen LogP contribution in [-0.4, -0.2) is 44.3 Å². The standard InChI is InChI=1S/C11H22NO7P/c1-7-18-9(13)8(20(15,16-5)17-6)12-10(14)19-11(2,3)4/h8H,7H2,1-6H3,(H,12,14). The molecule has 0 rings (SSSR count). The smallest absolute Gasteiger partial charge is 0.408 e. The van der Waals surface area contributed by atoms with Gasteiger partial charge in [-0.1, -0.05) is 0 Å². The van der Waals surface area contributed by atoms with Crippen molar-refractivity contribution >= 4 is 19.7 Å². The number of esters is 1. The van der Waals surface area contributed by atoms with E-state index in [9.17, 15) is 14.2 Å². The van der Waals surface area contributed by atoms with Crippen LogP contribution in [0.4, 0.5) is 4.79 Å². The Morgan fingerprint density at radius 3 is 2.05 bits per heavy atom. The summed E-state index contributed by atoms with van der Waals surface area (Å²) >= 11 is 0. The van der Waals surface area contributed by atoms with Gasteiger partial charge >= 0.3 is 19.7 Å². The molecular formula is C11H22NO7P. The van der Waals surface area contributed by atoms with Gasteiger partial charge in [-0.3, -0.25) is 9.88 Å². The average molecular weight is 311 g/mol. The third kappa shape index (κ3) is 5.90. The minimum absolute atomic E-state index is 0.0543. The van der Waals surface area contributed by atoms with E-state index in [1.807, 2.05) is 0 Å². The van der Waals surface area contributed by atoms with Crippen LogP contribution in [0.2, 0.25) is 0 Å². The van der Waals surface area contributed by atoms with Crippen LogP contribution in [0.5, 0.6) is 0 Å². The minimum atomic E-state index is -3.88. The van der Waals surface area contributed by atoms with Gasteiger partial charge in [-0.05, 0) is 27.7 Å². The number of alkyl carbamates (subject to hydrolysis) is 1. The van der Waals surface area contributed by atoms with Crippen molar-refractivity contribution in [3.05, 3.63) is 0 Å².